The lowest BCUT2D eigenvalue weighted by molar-refractivity contribution is -0.137. The van der Waals surface area contributed by atoms with Gasteiger partial charge in [0.25, 0.3) is 0 Å². The number of rotatable bonds is 3. The molecule has 0 spiro atoms. The topological polar surface area (TPSA) is 32.3 Å². The molecule has 0 aliphatic carbocycles. The number of halogens is 4. The molecule has 1 N–H and O–H groups in total. The number of amides is 1. The van der Waals surface area contributed by atoms with Crippen LogP contribution in [0.5, 0.6) is 0 Å². The second-order valence-electron chi connectivity index (χ2n) is 5.22. The summed E-state index contributed by atoms with van der Waals surface area (Å²) in [5, 5.41) is 2.33. The number of likely N-dealkylation sites (tertiary alicyclic amines) is 1. The maximum absolute atomic E-state index is 12.9. The molecule has 0 radical (unpaired) electrons. The Hall–Kier alpha value is -1.27. The maximum atomic E-state index is 12.9. The largest absolute Gasteiger partial charge is 0.418 e. The lowest BCUT2D eigenvalue weighted by Crippen LogP contribution is -2.30. The van der Waals surface area contributed by atoms with Gasteiger partial charge in [-0.05, 0) is 44.6 Å². The van der Waals surface area contributed by atoms with Crippen LogP contribution in [0.4, 0.5) is 18.9 Å². The highest BCUT2D eigenvalue weighted by atomic mass is 35.5. The SMILES string of the molecule is CN1CCCC1CC(=O)Nc1ccc(Cl)cc1C(F)(F)F. The van der Waals surface area contributed by atoms with Crippen molar-refractivity contribution in [3.63, 3.8) is 0 Å². The Balaban J connectivity index is 2.10. The molecule has 3 nitrogen and oxygen atoms in total. The van der Waals surface area contributed by atoms with Crippen LogP contribution in [0, 0.1) is 0 Å². The lowest BCUT2D eigenvalue weighted by Gasteiger charge is -2.19. The smallest absolute Gasteiger partial charge is 0.325 e. The number of carbonyl (C=O) groups excluding carboxylic acids is 1. The molecule has 1 aromatic rings. The molecule has 1 unspecified atom stereocenters. The average Bonchev–Trinajstić information content (AvgIpc) is 2.76. The van der Waals surface area contributed by atoms with Crippen molar-refractivity contribution in [3.05, 3.63) is 28.8 Å². The number of hydrogen-bond acceptors (Lipinski definition) is 2. The van der Waals surface area contributed by atoms with Crippen LogP contribution in [-0.4, -0.2) is 30.4 Å². The van der Waals surface area contributed by atoms with Crippen molar-refractivity contribution < 1.29 is 18.0 Å². The Morgan fingerprint density at radius 3 is 2.76 bits per heavy atom. The van der Waals surface area contributed by atoms with Crippen molar-refractivity contribution in [2.75, 3.05) is 18.9 Å². The van der Waals surface area contributed by atoms with Crippen LogP contribution < -0.4 is 5.32 Å². The quantitative estimate of drug-likeness (QED) is 0.919. The van der Waals surface area contributed by atoms with E-state index in [9.17, 15) is 18.0 Å². The van der Waals surface area contributed by atoms with Gasteiger partial charge in [-0.1, -0.05) is 11.6 Å². The van der Waals surface area contributed by atoms with Gasteiger partial charge in [0.2, 0.25) is 5.91 Å². The van der Waals surface area contributed by atoms with Crippen LogP contribution >= 0.6 is 11.6 Å². The van der Waals surface area contributed by atoms with Crippen molar-refractivity contribution in [1.82, 2.24) is 4.90 Å². The first-order chi connectivity index (χ1) is 9.77. The summed E-state index contributed by atoms with van der Waals surface area (Å²) in [5.74, 6) is -0.415. The van der Waals surface area contributed by atoms with Gasteiger partial charge < -0.3 is 10.2 Å². The van der Waals surface area contributed by atoms with E-state index in [4.69, 9.17) is 11.6 Å². The second kappa shape index (κ2) is 6.23. The highest BCUT2D eigenvalue weighted by Gasteiger charge is 2.34. The molecule has 1 atom stereocenters. The van der Waals surface area contributed by atoms with Gasteiger partial charge in [0.05, 0.1) is 11.3 Å². The molecule has 0 aromatic heterocycles. The fraction of sp³-hybridized carbons (Fsp3) is 0.500. The summed E-state index contributed by atoms with van der Waals surface area (Å²) in [7, 11) is 1.91. The molecule has 1 aliphatic heterocycles. The Morgan fingerprint density at radius 2 is 2.19 bits per heavy atom. The third-order valence-corrected chi connectivity index (χ3v) is 3.89. The predicted molar refractivity (Wildman–Crippen MR) is 75.4 cm³/mol. The monoisotopic (exact) mass is 320 g/mol. The van der Waals surface area contributed by atoms with E-state index in [0.29, 0.717) is 0 Å². The number of alkyl halides is 3. The van der Waals surface area contributed by atoms with E-state index in [2.05, 4.69) is 5.32 Å². The minimum atomic E-state index is -4.56. The maximum Gasteiger partial charge on any atom is 0.418 e. The highest BCUT2D eigenvalue weighted by Crippen LogP contribution is 2.36. The molecule has 2 rings (SSSR count). The van der Waals surface area contributed by atoms with Crippen molar-refractivity contribution in [2.45, 2.75) is 31.5 Å². The Bertz CT molecular complexity index is 533. The molecule has 1 aliphatic rings. The van der Waals surface area contributed by atoms with Gasteiger partial charge in [-0.2, -0.15) is 13.2 Å². The Kier molecular flexibility index (Phi) is 4.78. The van der Waals surface area contributed by atoms with Gasteiger partial charge in [-0.3, -0.25) is 4.79 Å². The first-order valence-corrected chi connectivity index (χ1v) is 7.02. The van der Waals surface area contributed by atoms with Crippen molar-refractivity contribution >= 4 is 23.2 Å². The molecule has 116 valence electrons. The number of carbonyl (C=O) groups is 1. The number of benzene rings is 1. The lowest BCUT2D eigenvalue weighted by atomic mass is 10.1. The van der Waals surface area contributed by atoms with Gasteiger partial charge >= 0.3 is 6.18 Å². The number of anilines is 1. The fourth-order valence-corrected chi connectivity index (χ4v) is 2.68. The summed E-state index contributed by atoms with van der Waals surface area (Å²) in [4.78, 5) is 14.0. The van der Waals surface area contributed by atoms with Crippen molar-refractivity contribution in [3.8, 4) is 0 Å². The minimum Gasteiger partial charge on any atom is -0.325 e. The first kappa shape index (κ1) is 16.1. The summed E-state index contributed by atoms with van der Waals surface area (Å²) in [6.45, 7) is 0.909. The summed E-state index contributed by atoms with van der Waals surface area (Å²) >= 11 is 5.60. The zero-order chi connectivity index (χ0) is 15.6. The van der Waals surface area contributed by atoms with Gasteiger partial charge in [0.1, 0.15) is 0 Å². The molecular formula is C14H16ClF3N2O. The summed E-state index contributed by atoms with van der Waals surface area (Å²) in [6.07, 6.45) is -2.48. The standard InChI is InChI=1S/C14H16ClF3N2O/c1-20-6-2-3-10(20)8-13(21)19-12-5-4-9(15)7-11(12)14(16,17)18/h4-5,7,10H,2-3,6,8H2,1H3,(H,19,21). The molecule has 0 bridgehead atoms. The van der Waals surface area contributed by atoms with Crippen molar-refractivity contribution in [1.29, 1.82) is 0 Å². The van der Waals surface area contributed by atoms with Crippen LogP contribution in [0.25, 0.3) is 0 Å². The average molecular weight is 321 g/mol. The molecule has 1 saturated heterocycles. The van der Waals surface area contributed by atoms with E-state index in [-0.39, 0.29) is 23.2 Å². The summed E-state index contributed by atoms with van der Waals surface area (Å²) < 4.78 is 38.8. The van der Waals surface area contributed by atoms with Crippen LogP contribution in [0.3, 0.4) is 0 Å². The summed E-state index contributed by atoms with van der Waals surface area (Å²) in [5.41, 5.74) is -1.18. The van der Waals surface area contributed by atoms with Gasteiger partial charge in [-0.15, -0.1) is 0 Å². The molecule has 7 heteroatoms. The van der Waals surface area contributed by atoms with Crippen LogP contribution in [-0.2, 0) is 11.0 Å². The zero-order valence-electron chi connectivity index (χ0n) is 11.5. The molecular weight excluding hydrogens is 305 g/mol. The van der Waals surface area contributed by atoms with E-state index in [1.54, 1.807) is 0 Å². The normalized spacial score (nSPS) is 19.8. The van der Waals surface area contributed by atoms with E-state index in [1.807, 2.05) is 11.9 Å². The highest BCUT2D eigenvalue weighted by molar-refractivity contribution is 6.30. The van der Waals surface area contributed by atoms with Crippen LogP contribution in [0.15, 0.2) is 18.2 Å². The zero-order valence-corrected chi connectivity index (χ0v) is 12.3. The molecule has 1 amide bonds. The third kappa shape index (κ3) is 4.11. The molecule has 0 saturated carbocycles. The van der Waals surface area contributed by atoms with Gasteiger partial charge in [0, 0.05) is 17.5 Å². The molecule has 1 aromatic carbocycles. The van der Waals surface area contributed by atoms with E-state index < -0.39 is 17.6 Å². The second-order valence-corrected chi connectivity index (χ2v) is 5.65. The molecule has 1 heterocycles. The minimum absolute atomic E-state index is 0.0177. The third-order valence-electron chi connectivity index (χ3n) is 3.65. The van der Waals surface area contributed by atoms with E-state index in [1.165, 1.54) is 12.1 Å². The number of nitrogens with zero attached hydrogens (tertiary/aromatic N) is 1. The number of hydrogen-bond donors (Lipinski definition) is 1. The van der Waals surface area contributed by atoms with E-state index >= 15 is 0 Å². The number of nitrogens with one attached hydrogen (secondary N) is 1. The predicted octanol–water partition coefficient (Wildman–Crippen LogP) is 3.78. The first-order valence-electron chi connectivity index (χ1n) is 6.64. The van der Waals surface area contributed by atoms with Crippen LogP contribution in [0.1, 0.15) is 24.8 Å². The molecule has 1 fully saturated rings. The van der Waals surface area contributed by atoms with Crippen molar-refractivity contribution in [2.24, 2.45) is 0 Å². The van der Waals surface area contributed by atoms with Gasteiger partial charge in [0.15, 0.2) is 0 Å². The Labute approximate surface area is 126 Å². The Morgan fingerprint density at radius 1 is 1.48 bits per heavy atom. The van der Waals surface area contributed by atoms with E-state index in [0.717, 1.165) is 25.5 Å². The van der Waals surface area contributed by atoms with Gasteiger partial charge in [-0.25, -0.2) is 0 Å². The molecule has 21 heavy (non-hydrogen) atoms. The summed E-state index contributed by atoms with van der Waals surface area (Å²) in [6, 6.07) is 3.42. The van der Waals surface area contributed by atoms with Crippen LogP contribution in [0.2, 0.25) is 5.02 Å². The fourth-order valence-electron chi connectivity index (χ4n) is 2.51.